The number of likely N-dealkylation sites (N-methyl/N-ethyl adjacent to an activating group) is 1. The van der Waals surface area contributed by atoms with Gasteiger partial charge in [0.15, 0.2) is 0 Å². The highest BCUT2D eigenvalue weighted by atomic mass is 16.2. The first kappa shape index (κ1) is 22.6. The second-order valence-electron chi connectivity index (χ2n) is 8.90. The van der Waals surface area contributed by atoms with Gasteiger partial charge in [0.25, 0.3) is 0 Å². The summed E-state index contributed by atoms with van der Waals surface area (Å²) in [4.78, 5) is 28.0. The molecule has 0 aromatic heterocycles. The molecule has 1 unspecified atom stereocenters. The van der Waals surface area contributed by atoms with E-state index in [9.17, 15) is 9.59 Å². The largest absolute Gasteiger partial charge is 0.373 e. The van der Waals surface area contributed by atoms with Crippen LogP contribution in [0.25, 0.3) is 0 Å². The van der Waals surface area contributed by atoms with E-state index >= 15 is 0 Å². The zero-order valence-corrected chi connectivity index (χ0v) is 19.5. The topological polar surface area (TPSA) is 61.4 Å². The number of nitrogens with zero attached hydrogens (tertiary/aromatic N) is 1. The van der Waals surface area contributed by atoms with Crippen LogP contribution in [0.3, 0.4) is 0 Å². The third kappa shape index (κ3) is 5.25. The molecular weight excluding hydrogens is 410 g/mol. The van der Waals surface area contributed by atoms with Crippen LogP contribution in [0.1, 0.15) is 34.6 Å². The minimum Gasteiger partial charge on any atom is -0.373 e. The van der Waals surface area contributed by atoms with Crippen LogP contribution in [0.5, 0.6) is 0 Å². The Morgan fingerprint density at radius 2 is 1.61 bits per heavy atom. The van der Waals surface area contributed by atoms with Crippen molar-refractivity contribution in [3.63, 3.8) is 0 Å². The van der Waals surface area contributed by atoms with Crippen LogP contribution >= 0.6 is 0 Å². The fraction of sp³-hybridized carbons (Fsp3) is 0.286. The summed E-state index contributed by atoms with van der Waals surface area (Å²) in [7, 11) is 2.03. The van der Waals surface area contributed by atoms with E-state index in [4.69, 9.17) is 0 Å². The number of hydrogen-bond acceptors (Lipinski definition) is 3. The van der Waals surface area contributed by atoms with Gasteiger partial charge < -0.3 is 15.5 Å². The lowest BCUT2D eigenvalue weighted by molar-refractivity contribution is -0.125. The molecule has 0 fully saturated rings. The Hall–Kier alpha value is -3.60. The van der Waals surface area contributed by atoms with Gasteiger partial charge in [-0.05, 0) is 54.7 Å². The lowest BCUT2D eigenvalue weighted by Crippen LogP contribution is -2.44. The van der Waals surface area contributed by atoms with E-state index in [1.54, 1.807) is 0 Å². The second kappa shape index (κ2) is 9.90. The monoisotopic (exact) mass is 441 g/mol. The smallest absolute Gasteiger partial charge is 0.232 e. The van der Waals surface area contributed by atoms with Crippen LogP contribution in [-0.4, -0.2) is 31.4 Å². The number of fused-ring (bicyclic) bond motifs is 1. The molecule has 1 heterocycles. The number of carbonyl (C=O) groups excluding carboxylic acids is 2. The van der Waals surface area contributed by atoms with Crippen LogP contribution in [0.15, 0.2) is 72.8 Å². The Morgan fingerprint density at radius 1 is 0.970 bits per heavy atom. The van der Waals surface area contributed by atoms with Crippen molar-refractivity contribution in [2.45, 2.75) is 38.6 Å². The summed E-state index contributed by atoms with van der Waals surface area (Å²) >= 11 is 0. The quantitative estimate of drug-likeness (QED) is 0.537. The summed E-state index contributed by atoms with van der Waals surface area (Å²) < 4.78 is 0. The van der Waals surface area contributed by atoms with Gasteiger partial charge in [-0.25, -0.2) is 0 Å². The molecule has 0 spiro atoms. The van der Waals surface area contributed by atoms with Crippen molar-refractivity contribution in [2.75, 3.05) is 23.8 Å². The lowest BCUT2D eigenvalue weighted by atomic mass is 9.91. The Bertz CT molecular complexity index is 1130. The molecule has 0 saturated heterocycles. The van der Waals surface area contributed by atoms with E-state index in [-0.39, 0.29) is 24.3 Å². The number of amides is 2. The van der Waals surface area contributed by atoms with Gasteiger partial charge in [-0.15, -0.1) is 0 Å². The first-order valence-electron chi connectivity index (χ1n) is 11.4. The molecule has 2 amide bonds. The Balaban J connectivity index is 1.49. The highest BCUT2D eigenvalue weighted by Gasteiger charge is 2.35. The minimum absolute atomic E-state index is 0.0901. The van der Waals surface area contributed by atoms with Crippen molar-refractivity contribution < 1.29 is 9.59 Å². The predicted octanol–water partition coefficient (Wildman–Crippen LogP) is 4.59. The number of carbonyl (C=O) groups is 2. The Morgan fingerprint density at radius 3 is 2.30 bits per heavy atom. The molecule has 0 saturated carbocycles. The Labute approximate surface area is 195 Å². The van der Waals surface area contributed by atoms with Crippen molar-refractivity contribution in [2.24, 2.45) is 0 Å². The molecule has 1 aliphatic rings. The lowest BCUT2D eigenvalue weighted by Gasteiger charge is -2.27. The number of rotatable bonds is 8. The first-order chi connectivity index (χ1) is 15.9. The van der Waals surface area contributed by atoms with Gasteiger partial charge in [0, 0.05) is 31.4 Å². The molecule has 33 heavy (non-hydrogen) atoms. The van der Waals surface area contributed by atoms with Gasteiger partial charge in [-0.1, -0.05) is 60.7 Å². The number of anilines is 2. The summed E-state index contributed by atoms with van der Waals surface area (Å²) in [5.74, 6) is -0.658. The fourth-order valence-electron chi connectivity index (χ4n) is 4.63. The van der Waals surface area contributed by atoms with E-state index in [2.05, 4.69) is 39.8 Å². The maximum absolute atomic E-state index is 13.2. The number of benzene rings is 3. The number of hydrogen-bond donors (Lipinski definition) is 2. The molecule has 0 radical (unpaired) electrons. The number of para-hydroxylation sites is 1. The highest BCUT2D eigenvalue weighted by molar-refractivity contribution is 6.06. The molecule has 4 rings (SSSR count). The summed E-state index contributed by atoms with van der Waals surface area (Å²) in [6.45, 7) is 4.64. The Kier molecular flexibility index (Phi) is 6.78. The van der Waals surface area contributed by atoms with E-state index in [1.807, 2.05) is 69.4 Å². The molecule has 3 aromatic carbocycles. The molecular formula is C28H31N3O2. The summed E-state index contributed by atoms with van der Waals surface area (Å²) in [5.41, 5.74) is 6.15. The molecule has 3 aromatic rings. The molecule has 170 valence electrons. The van der Waals surface area contributed by atoms with Gasteiger partial charge in [0.2, 0.25) is 11.8 Å². The maximum atomic E-state index is 13.2. The van der Waals surface area contributed by atoms with Crippen molar-refractivity contribution in [3.05, 3.63) is 95.1 Å². The van der Waals surface area contributed by atoms with Crippen molar-refractivity contribution >= 4 is 23.2 Å². The average Bonchev–Trinajstić information content (AvgIpc) is 3.14. The predicted molar refractivity (Wildman–Crippen MR) is 134 cm³/mol. The van der Waals surface area contributed by atoms with Crippen molar-refractivity contribution in [1.82, 2.24) is 5.32 Å². The fourth-order valence-corrected chi connectivity index (χ4v) is 4.63. The van der Waals surface area contributed by atoms with Crippen LogP contribution in [-0.2, 0) is 16.0 Å². The maximum Gasteiger partial charge on any atom is 0.232 e. The van der Waals surface area contributed by atoms with Gasteiger partial charge >= 0.3 is 0 Å². The molecule has 5 heteroatoms. The standard InChI is InChI=1S/C28H31N3O2/c1-19-14-15-20(2)27-26(19)24(28(33)30-27)17-25(32)29-22(16-21-10-6-4-7-11-21)18-31(3)23-12-8-5-9-13-23/h4-15,22,24H,16-18H2,1-3H3,(H,29,32)(H,30,33)/t22-,24?/m0/s1. The molecule has 2 atom stereocenters. The molecule has 2 N–H and O–H groups in total. The van der Waals surface area contributed by atoms with E-state index < -0.39 is 5.92 Å². The minimum atomic E-state index is -0.455. The third-order valence-corrected chi connectivity index (χ3v) is 6.36. The van der Waals surface area contributed by atoms with Crippen LogP contribution in [0.2, 0.25) is 0 Å². The van der Waals surface area contributed by atoms with Gasteiger partial charge in [0.05, 0.1) is 12.0 Å². The van der Waals surface area contributed by atoms with Crippen LogP contribution in [0, 0.1) is 13.8 Å². The van der Waals surface area contributed by atoms with E-state index in [1.165, 1.54) is 5.56 Å². The number of aryl methyl sites for hydroxylation is 2. The summed E-state index contributed by atoms with van der Waals surface area (Å²) in [5, 5.41) is 6.20. The van der Waals surface area contributed by atoms with Gasteiger partial charge in [-0.2, -0.15) is 0 Å². The van der Waals surface area contributed by atoms with E-state index in [0.717, 1.165) is 34.5 Å². The SMILES string of the molecule is Cc1ccc(C)c2c1NC(=O)C2CC(=O)N[C@@H](Cc1ccccc1)CN(C)c1ccccc1. The third-order valence-electron chi connectivity index (χ3n) is 6.36. The molecule has 0 bridgehead atoms. The number of nitrogens with one attached hydrogen (secondary N) is 2. The summed E-state index contributed by atoms with van der Waals surface area (Å²) in [6, 6.07) is 24.3. The first-order valence-corrected chi connectivity index (χ1v) is 11.4. The summed E-state index contributed by atoms with van der Waals surface area (Å²) in [6.07, 6.45) is 0.860. The van der Waals surface area contributed by atoms with Gasteiger partial charge in [-0.3, -0.25) is 9.59 Å². The zero-order valence-electron chi connectivity index (χ0n) is 19.5. The van der Waals surface area contributed by atoms with Crippen molar-refractivity contribution in [3.8, 4) is 0 Å². The molecule has 0 aliphatic carbocycles. The van der Waals surface area contributed by atoms with Gasteiger partial charge in [0.1, 0.15) is 0 Å². The zero-order chi connectivity index (χ0) is 23.4. The van der Waals surface area contributed by atoms with Crippen LogP contribution in [0.4, 0.5) is 11.4 Å². The van der Waals surface area contributed by atoms with Crippen molar-refractivity contribution in [1.29, 1.82) is 0 Å². The molecule has 5 nitrogen and oxygen atoms in total. The second-order valence-corrected chi connectivity index (χ2v) is 8.90. The molecule has 1 aliphatic heterocycles. The van der Waals surface area contributed by atoms with Crippen LogP contribution < -0.4 is 15.5 Å². The van der Waals surface area contributed by atoms with E-state index in [0.29, 0.717) is 6.54 Å². The normalized spacial score (nSPS) is 15.5. The highest BCUT2D eigenvalue weighted by Crippen LogP contribution is 2.39. The average molecular weight is 442 g/mol.